The summed E-state index contributed by atoms with van der Waals surface area (Å²) in [6.07, 6.45) is 4.12. The van der Waals surface area contributed by atoms with Crippen molar-refractivity contribution >= 4 is 5.91 Å². The predicted molar refractivity (Wildman–Crippen MR) is 70.5 cm³/mol. The zero-order chi connectivity index (χ0) is 13.0. The van der Waals surface area contributed by atoms with Crippen LogP contribution in [0.3, 0.4) is 0 Å². The molecule has 0 aliphatic carbocycles. The molecule has 2 rings (SSSR count). The zero-order valence-electron chi connectivity index (χ0n) is 10.6. The lowest BCUT2D eigenvalue weighted by Crippen LogP contribution is -2.34. The van der Waals surface area contributed by atoms with Gasteiger partial charge in [-0.25, -0.2) is 0 Å². The van der Waals surface area contributed by atoms with E-state index in [9.17, 15) is 4.79 Å². The van der Waals surface area contributed by atoms with Crippen LogP contribution in [0.4, 0.5) is 0 Å². The van der Waals surface area contributed by atoms with E-state index >= 15 is 0 Å². The molecule has 0 aliphatic heterocycles. The van der Waals surface area contributed by atoms with Gasteiger partial charge in [-0.15, -0.1) is 0 Å². The monoisotopic (exact) mass is 243 g/mol. The van der Waals surface area contributed by atoms with Crippen LogP contribution >= 0.6 is 0 Å². The standard InChI is InChI=1S/C15H17NO2/c1-11-5-3-4-6-14(11)15(17)16-12(2)9-13-7-8-18-10-13/h3-8,10,12H,9H2,1-2H3,(H,16,17). The van der Waals surface area contributed by atoms with E-state index in [2.05, 4.69) is 5.32 Å². The molecule has 0 saturated heterocycles. The van der Waals surface area contributed by atoms with Crippen LogP contribution in [-0.2, 0) is 6.42 Å². The Kier molecular flexibility index (Phi) is 3.82. The first-order chi connectivity index (χ1) is 8.66. The number of amides is 1. The molecule has 0 fully saturated rings. The number of hydrogen-bond donors (Lipinski definition) is 1. The van der Waals surface area contributed by atoms with Gasteiger partial charge in [0.05, 0.1) is 12.5 Å². The first kappa shape index (κ1) is 12.4. The number of rotatable bonds is 4. The van der Waals surface area contributed by atoms with Crippen molar-refractivity contribution in [2.24, 2.45) is 0 Å². The number of carbonyl (C=O) groups is 1. The van der Waals surface area contributed by atoms with Gasteiger partial charge < -0.3 is 9.73 Å². The minimum Gasteiger partial charge on any atom is -0.472 e. The molecule has 1 atom stereocenters. The number of carbonyl (C=O) groups excluding carboxylic acids is 1. The first-order valence-electron chi connectivity index (χ1n) is 6.04. The molecule has 3 heteroatoms. The Morgan fingerprint density at radius 2 is 2.11 bits per heavy atom. The highest BCUT2D eigenvalue weighted by atomic mass is 16.3. The fourth-order valence-electron chi connectivity index (χ4n) is 1.94. The smallest absolute Gasteiger partial charge is 0.251 e. The fraction of sp³-hybridized carbons (Fsp3) is 0.267. The third-order valence-electron chi connectivity index (χ3n) is 2.89. The van der Waals surface area contributed by atoms with E-state index in [1.165, 1.54) is 0 Å². The average molecular weight is 243 g/mol. The van der Waals surface area contributed by atoms with Crippen LogP contribution in [0.15, 0.2) is 47.3 Å². The molecule has 0 saturated carbocycles. The van der Waals surface area contributed by atoms with Gasteiger partial charge in [-0.1, -0.05) is 18.2 Å². The molecule has 0 radical (unpaired) electrons. The normalized spacial score (nSPS) is 12.1. The summed E-state index contributed by atoms with van der Waals surface area (Å²) in [5, 5.41) is 2.99. The molecular formula is C15H17NO2. The average Bonchev–Trinajstić information content (AvgIpc) is 2.82. The fourth-order valence-corrected chi connectivity index (χ4v) is 1.94. The van der Waals surface area contributed by atoms with Gasteiger partial charge in [-0.05, 0) is 43.5 Å². The second-order valence-corrected chi connectivity index (χ2v) is 4.53. The van der Waals surface area contributed by atoms with Crippen molar-refractivity contribution in [3.63, 3.8) is 0 Å². The highest BCUT2D eigenvalue weighted by Gasteiger charge is 2.12. The van der Waals surface area contributed by atoms with Crippen molar-refractivity contribution in [2.75, 3.05) is 0 Å². The summed E-state index contributed by atoms with van der Waals surface area (Å²) >= 11 is 0. The van der Waals surface area contributed by atoms with Gasteiger partial charge in [0.2, 0.25) is 0 Å². The molecule has 1 N–H and O–H groups in total. The summed E-state index contributed by atoms with van der Waals surface area (Å²) in [5.41, 5.74) is 2.81. The number of furan rings is 1. The molecule has 18 heavy (non-hydrogen) atoms. The highest BCUT2D eigenvalue weighted by Crippen LogP contribution is 2.08. The number of nitrogens with one attached hydrogen (secondary N) is 1. The third kappa shape index (κ3) is 3.00. The molecular weight excluding hydrogens is 226 g/mol. The number of benzene rings is 1. The van der Waals surface area contributed by atoms with Gasteiger partial charge in [0, 0.05) is 11.6 Å². The Morgan fingerprint density at radius 1 is 1.33 bits per heavy atom. The molecule has 0 spiro atoms. The first-order valence-corrected chi connectivity index (χ1v) is 6.04. The molecule has 0 aliphatic rings. The van der Waals surface area contributed by atoms with Gasteiger partial charge in [-0.2, -0.15) is 0 Å². The molecule has 1 unspecified atom stereocenters. The van der Waals surface area contributed by atoms with Crippen molar-refractivity contribution in [3.8, 4) is 0 Å². The van der Waals surface area contributed by atoms with Crippen LogP contribution in [0.2, 0.25) is 0 Å². The maximum absolute atomic E-state index is 12.1. The van der Waals surface area contributed by atoms with Crippen molar-refractivity contribution < 1.29 is 9.21 Å². The molecule has 1 aromatic heterocycles. The van der Waals surface area contributed by atoms with E-state index in [1.807, 2.05) is 44.2 Å². The van der Waals surface area contributed by atoms with Crippen LogP contribution < -0.4 is 5.32 Å². The van der Waals surface area contributed by atoms with Gasteiger partial charge in [0.25, 0.3) is 5.91 Å². The van der Waals surface area contributed by atoms with Gasteiger partial charge >= 0.3 is 0 Å². The van der Waals surface area contributed by atoms with Crippen LogP contribution in [-0.4, -0.2) is 11.9 Å². The number of hydrogen-bond acceptors (Lipinski definition) is 2. The Hall–Kier alpha value is -2.03. The Morgan fingerprint density at radius 3 is 2.78 bits per heavy atom. The lowest BCUT2D eigenvalue weighted by molar-refractivity contribution is 0.0939. The largest absolute Gasteiger partial charge is 0.472 e. The van der Waals surface area contributed by atoms with Crippen molar-refractivity contribution in [2.45, 2.75) is 26.3 Å². The van der Waals surface area contributed by atoms with E-state index in [0.717, 1.165) is 23.1 Å². The lowest BCUT2D eigenvalue weighted by atomic mass is 10.1. The zero-order valence-corrected chi connectivity index (χ0v) is 10.6. The summed E-state index contributed by atoms with van der Waals surface area (Å²) in [5.74, 6) is -0.0240. The Bertz CT molecular complexity index is 517. The highest BCUT2D eigenvalue weighted by molar-refractivity contribution is 5.95. The van der Waals surface area contributed by atoms with E-state index in [4.69, 9.17) is 4.42 Å². The van der Waals surface area contributed by atoms with E-state index in [0.29, 0.717) is 0 Å². The third-order valence-corrected chi connectivity index (χ3v) is 2.89. The molecule has 1 aromatic carbocycles. The van der Waals surface area contributed by atoms with Gasteiger partial charge in [-0.3, -0.25) is 4.79 Å². The minimum absolute atomic E-state index is 0.0240. The Balaban J connectivity index is 1.97. The van der Waals surface area contributed by atoms with Crippen molar-refractivity contribution in [1.82, 2.24) is 5.32 Å². The molecule has 1 heterocycles. The summed E-state index contributed by atoms with van der Waals surface area (Å²) < 4.78 is 5.01. The van der Waals surface area contributed by atoms with Crippen LogP contribution in [0.1, 0.15) is 28.4 Å². The van der Waals surface area contributed by atoms with Crippen LogP contribution in [0.25, 0.3) is 0 Å². The summed E-state index contributed by atoms with van der Waals surface area (Å²) in [6.45, 7) is 3.93. The second-order valence-electron chi connectivity index (χ2n) is 4.53. The van der Waals surface area contributed by atoms with E-state index < -0.39 is 0 Å². The van der Waals surface area contributed by atoms with Crippen molar-refractivity contribution in [1.29, 1.82) is 0 Å². The molecule has 3 nitrogen and oxygen atoms in total. The molecule has 2 aromatic rings. The Labute approximate surface area is 107 Å². The lowest BCUT2D eigenvalue weighted by Gasteiger charge is -2.14. The topological polar surface area (TPSA) is 42.2 Å². The van der Waals surface area contributed by atoms with E-state index in [-0.39, 0.29) is 11.9 Å². The van der Waals surface area contributed by atoms with Gasteiger partial charge in [0.15, 0.2) is 0 Å². The summed E-state index contributed by atoms with van der Waals surface area (Å²) in [4.78, 5) is 12.1. The maximum atomic E-state index is 12.1. The molecule has 1 amide bonds. The second kappa shape index (κ2) is 5.54. The molecule has 94 valence electrons. The molecule has 0 bridgehead atoms. The predicted octanol–water partition coefficient (Wildman–Crippen LogP) is 2.95. The minimum atomic E-state index is -0.0240. The summed E-state index contributed by atoms with van der Waals surface area (Å²) in [6, 6.07) is 9.58. The van der Waals surface area contributed by atoms with Gasteiger partial charge in [0.1, 0.15) is 0 Å². The van der Waals surface area contributed by atoms with Crippen LogP contribution in [0.5, 0.6) is 0 Å². The quantitative estimate of drug-likeness (QED) is 0.897. The number of aryl methyl sites for hydroxylation is 1. The maximum Gasteiger partial charge on any atom is 0.251 e. The van der Waals surface area contributed by atoms with E-state index in [1.54, 1.807) is 12.5 Å². The van der Waals surface area contributed by atoms with Crippen LogP contribution in [0, 0.1) is 6.92 Å². The van der Waals surface area contributed by atoms with Crippen molar-refractivity contribution in [3.05, 3.63) is 59.5 Å². The SMILES string of the molecule is Cc1ccccc1C(=O)NC(C)Cc1ccoc1. The summed E-state index contributed by atoms with van der Waals surface area (Å²) in [7, 11) is 0.